The molecule has 1 heterocycles. The van der Waals surface area contributed by atoms with E-state index in [9.17, 15) is 4.79 Å². The van der Waals surface area contributed by atoms with Gasteiger partial charge in [0.25, 0.3) is 0 Å². The van der Waals surface area contributed by atoms with Crippen molar-refractivity contribution >= 4 is 34.4 Å². The average molecular weight is 439 g/mol. The van der Waals surface area contributed by atoms with Gasteiger partial charge in [-0.25, -0.2) is 4.79 Å². The zero-order valence-corrected chi connectivity index (χ0v) is 17.8. The van der Waals surface area contributed by atoms with Crippen LogP contribution >= 0.6 is 0 Å². The molecule has 1 saturated heterocycles. The van der Waals surface area contributed by atoms with Gasteiger partial charge in [0.1, 0.15) is 12.0 Å². The molecule has 3 aromatic rings. The number of rotatable bonds is 7. The molecular weight excluding hydrogens is 418 g/mol. The minimum absolute atomic E-state index is 0.558. The smallest absolute Gasteiger partial charge is 0.180 e. The van der Waals surface area contributed by atoms with Crippen molar-refractivity contribution in [2.45, 2.75) is 0 Å². The summed E-state index contributed by atoms with van der Waals surface area (Å²) in [7, 11) is 0. The lowest BCUT2D eigenvalue weighted by Gasteiger charge is -2.28. The van der Waals surface area contributed by atoms with Gasteiger partial charge in [-0.05, 0) is 72.8 Å². The first-order chi connectivity index (χ1) is 16.3. The molecule has 0 aliphatic carbocycles. The summed E-state index contributed by atoms with van der Waals surface area (Å²) in [6.07, 6.45) is 1.14. The quantitative estimate of drug-likeness (QED) is 0.189. The van der Waals surface area contributed by atoms with E-state index < -0.39 is 0 Å². The summed E-state index contributed by atoms with van der Waals surface area (Å²) >= 11 is 0. The molecular formula is C25H21N5O3. The second kappa shape index (κ2) is 11.3. The highest BCUT2D eigenvalue weighted by molar-refractivity contribution is 5.53. The van der Waals surface area contributed by atoms with Gasteiger partial charge in [-0.2, -0.15) is 20.5 Å². The number of hydrogen-bond donors (Lipinski definition) is 0. The van der Waals surface area contributed by atoms with E-state index in [0.29, 0.717) is 17.1 Å². The Morgan fingerprint density at radius 2 is 1.18 bits per heavy atom. The van der Waals surface area contributed by atoms with Crippen LogP contribution in [0.4, 0.5) is 28.4 Å². The van der Waals surface area contributed by atoms with E-state index in [1.165, 1.54) is 11.6 Å². The second-order valence-corrected chi connectivity index (χ2v) is 7.01. The van der Waals surface area contributed by atoms with Crippen LogP contribution in [0.25, 0.3) is 0 Å². The molecule has 33 heavy (non-hydrogen) atoms. The predicted octanol–water partition coefficient (Wildman–Crippen LogP) is 6.23. The number of ether oxygens (including phenoxy) is 2. The van der Waals surface area contributed by atoms with Gasteiger partial charge in [0.2, 0.25) is 0 Å². The van der Waals surface area contributed by atoms with Crippen LogP contribution in [-0.4, -0.2) is 32.2 Å². The molecule has 4 rings (SSSR count). The van der Waals surface area contributed by atoms with Crippen LogP contribution in [0.15, 0.2) is 105 Å². The molecule has 1 aliphatic heterocycles. The Kier molecular flexibility index (Phi) is 7.50. The number of carbonyl (C=O) groups excluding carboxylic acids is 1. The van der Waals surface area contributed by atoms with Crippen molar-refractivity contribution in [3.8, 4) is 5.75 Å². The predicted molar refractivity (Wildman–Crippen MR) is 125 cm³/mol. The molecule has 0 amide bonds. The van der Waals surface area contributed by atoms with Crippen molar-refractivity contribution in [1.82, 2.24) is 0 Å². The Labute approximate surface area is 191 Å². The minimum Gasteiger partial charge on any atom is -0.456 e. The molecule has 0 atom stereocenters. The third kappa shape index (κ3) is 6.56. The fraction of sp³-hybridized carbons (Fsp3) is 0.160. The molecule has 0 unspecified atom stereocenters. The Hall–Kier alpha value is -4.35. The number of hydrogen-bond acceptors (Lipinski definition) is 8. The molecule has 0 bridgehead atoms. The van der Waals surface area contributed by atoms with Gasteiger partial charge in [0.15, 0.2) is 5.94 Å². The first kappa shape index (κ1) is 21.9. The fourth-order valence-corrected chi connectivity index (χ4v) is 3.08. The molecule has 0 spiro atoms. The van der Waals surface area contributed by atoms with Crippen LogP contribution in [0.1, 0.15) is 0 Å². The Balaban J connectivity index is 1.32. The zero-order chi connectivity index (χ0) is 22.7. The van der Waals surface area contributed by atoms with E-state index >= 15 is 0 Å². The SMILES string of the molecule is O=C=C=COc1ccc(N=Nc2ccc(N=Nc3ccc(N4CCOCC4)cc3)cc2)cc1. The third-order valence-corrected chi connectivity index (χ3v) is 4.79. The van der Waals surface area contributed by atoms with Gasteiger partial charge in [0.05, 0.1) is 36.0 Å². The van der Waals surface area contributed by atoms with Gasteiger partial charge in [-0.15, -0.1) is 0 Å². The van der Waals surface area contributed by atoms with Gasteiger partial charge < -0.3 is 14.4 Å². The maximum Gasteiger partial charge on any atom is 0.180 e. The molecule has 1 fully saturated rings. The van der Waals surface area contributed by atoms with E-state index in [1.807, 2.05) is 36.4 Å². The van der Waals surface area contributed by atoms with Crippen LogP contribution in [0.5, 0.6) is 5.75 Å². The third-order valence-electron chi connectivity index (χ3n) is 4.79. The van der Waals surface area contributed by atoms with Crippen LogP contribution in [0, 0.1) is 0 Å². The fourth-order valence-electron chi connectivity index (χ4n) is 3.08. The molecule has 8 nitrogen and oxygen atoms in total. The van der Waals surface area contributed by atoms with Crippen molar-refractivity contribution in [3.05, 3.63) is 84.8 Å². The second-order valence-electron chi connectivity index (χ2n) is 7.01. The molecule has 0 saturated carbocycles. The summed E-state index contributed by atoms with van der Waals surface area (Å²) in [6.45, 7) is 3.33. The van der Waals surface area contributed by atoms with Gasteiger partial charge >= 0.3 is 0 Å². The molecule has 0 N–H and O–H groups in total. The molecule has 0 aromatic heterocycles. The normalized spacial score (nSPS) is 13.6. The van der Waals surface area contributed by atoms with Crippen molar-refractivity contribution < 1.29 is 14.3 Å². The maximum absolute atomic E-state index is 10.1. The lowest BCUT2D eigenvalue weighted by atomic mass is 10.2. The minimum atomic E-state index is 0.558. The lowest BCUT2D eigenvalue weighted by Crippen LogP contribution is -2.36. The molecule has 3 aromatic carbocycles. The monoisotopic (exact) mass is 439 g/mol. The first-order valence-electron chi connectivity index (χ1n) is 10.4. The molecule has 8 heteroatoms. The summed E-state index contributed by atoms with van der Waals surface area (Å²) in [6, 6.07) is 22.3. The van der Waals surface area contributed by atoms with Crippen LogP contribution in [-0.2, 0) is 9.53 Å². The van der Waals surface area contributed by atoms with Gasteiger partial charge in [0, 0.05) is 24.5 Å². The summed E-state index contributed by atoms with van der Waals surface area (Å²) in [5.41, 5.74) is 6.23. The van der Waals surface area contributed by atoms with Crippen LogP contribution in [0.2, 0.25) is 0 Å². The van der Waals surface area contributed by atoms with E-state index in [0.717, 1.165) is 43.9 Å². The van der Waals surface area contributed by atoms with E-state index in [1.54, 1.807) is 24.3 Å². The van der Waals surface area contributed by atoms with Gasteiger partial charge in [-0.3, -0.25) is 0 Å². The van der Waals surface area contributed by atoms with E-state index in [-0.39, 0.29) is 0 Å². The number of nitrogens with zero attached hydrogens (tertiary/aromatic N) is 5. The van der Waals surface area contributed by atoms with E-state index in [4.69, 9.17) is 9.47 Å². The molecule has 1 aliphatic rings. The highest BCUT2D eigenvalue weighted by atomic mass is 16.5. The summed E-state index contributed by atoms with van der Waals surface area (Å²) in [5, 5.41) is 17.0. The Morgan fingerprint density at radius 3 is 1.67 bits per heavy atom. The zero-order valence-electron chi connectivity index (χ0n) is 17.8. The summed E-state index contributed by atoms with van der Waals surface area (Å²) in [5.74, 6) is 2.05. The molecule has 164 valence electrons. The van der Waals surface area contributed by atoms with Crippen molar-refractivity contribution in [2.24, 2.45) is 20.5 Å². The van der Waals surface area contributed by atoms with Crippen molar-refractivity contribution in [3.63, 3.8) is 0 Å². The van der Waals surface area contributed by atoms with Gasteiger partial charge in [-0.1, -0.05) is 0 Å². The van der Waals surface area contributed by atoms with Crippen LogP contribution < -0.4 is 9.64 Å². The summed E-state index contributed by atoms with van der Waals surface area (Å²) < 4.78 is 10.6. The number of benzene rings is 3. The lowest BCUT2D eigenvalue weighted by molar-refractivity contribution is 0.122. The number of morpholine rings is 1. The Bertz CT molecular complexity index is 1190. The summed E-state index contributed by atoms with van der Waals surface area (Å²) in [4.78, 5) is 12.4. The maximum atomic E-state index is 10.1. The number of anilines is 1. The van der Waals surface area contributed by atoms with Crippen molar-refractivity contribution in [2.75, 3.05) is 31.2 Å². The first-order valence-corrected chi connectivity index (χ1v) is 10.4. The van der Waals surface area contributed by atoms with Crippen LogP contribution in [0.3, 0.4) is 0 Å². The van der Waals surface area contributed by atoms with Crippen molar-refractivity contribution in [1.29, 1.82) is 0 Å². The highest BCUT2D eigenvalue weighted by Crippen LogP contribution is 2.25. The largest absolute Gasteiger partial charge is 0.456 e. The standard InChI is InChI=1S/C25H21N5O3/c31-16-1-17-33-25-12-8-23(9-13-25)29-27-21-4-2-20(3-5-21)26-28-22-6-10-24(11-7-22)30-14-18-32-19-15-30/h2-13,17H,14-15,18-19H2. The van der Waals surface area contributed by atoms with E-state index in [2.05, 4.69) is 43.2 Å². The Morgan fingerprint density at radius 1 is 0.727 bits per heavy atom. The average Bonchev–Trinajstić information content (AvgIpc) is 2.89. The molecule has 0 radical (unpaired) electrons. The highest BCUT2D eigenvalue weighted by Gasteiger charge is 2.10. The number of azo groups is 2. The topological polar surface area (TPSA) is 88.2 Å².